The van der Waals surface area contributed by atoms with Gasteiger partial charge >= 0.3 is 6.36 Å². The standard InChI is InChI=1S/C20H21F3N2O2/c1-14-4-3-5-18(15(14)2)24-10-12-25(13-11-24)19(26)16-6-8-17(9-7-16)27-20(21,22)23/h3-9H,10-13H2,1-2H3. The number of alkyl halides is 3. The Morgan fingerprint density at radius 2 is 1.59 bits per heavy atom. The van der Waals surface area contributed by atoms with Crippen molar-refractivity contribution in [2.45, 2.75) is 20.2 Å². The first-order valence-corrected chi connectivity index (χ1v) is 8.71. The van der Waals surface area contributed by atoms with E-state index in [1.807, 2.05) is 6.07 Å². The number of piperazine rings is 1. The molecule has 0 spiro atoms. The molecular weight excluding hydrogens is 357 g/mol. The number of rotatable bonds is 3. The van der Waals surface area contributed by atoms with Gasteiger partial charge in [0.15, 0.2) is 0 Å². The molecule has 7 heteroatoms. The number of amides is 1. The van der Waals surface area contributed by atoms with E-state index in [4.69, 9.17) is 0 Å². The largest absolute Gasteiger partial charge is 0.573 e. The Kier molecular flexibility index (Phi) is 5.30. The van der Waals surface area contributed by atoms with E-state index < -0.39 is 6.36 Å². The fourth-order valence-corrected chi connectivity index (χ4v) is 3.21. The van der Waals surface area contributed by atoms with E-state index in [0.717, 1.165) is 12.1 Å². The second-order valence-electron chi connectivity index (χ2n) is 6.57. The van der Waals surface area contributed by atoms with Gasteiger partial charge in [-0.15, -0.1) is 13.2 Å². The van der Waals surface area contributed by atoms with Gasteiger partial charge in [-0.1, -0.05) is 12.1 Å². The van der Waals surface area contributed by atoms with E-state index in [1.54, 1.807) is 4.90 Å². The number of nitrogens with zero attached hydrogens (tertiary/aromatic N) is 2. The Labute approximate surface area is 156 Å². The van der Waals surface area contributed by atoms with Gasteiger partial charge in [-0.05, 0) is 55.3 Å². The molecule has 0 aliphatic carbocycles. The van der Waals surface area contributed by atoms with Gasteiger partial charge in [-0.3, -0.25) is 4.79 Å². The molecule has 0 unspecified atom stereocenters. The number of carbonyl (C=O) groups excluding carboxylic acids is 1. The summed E-state index contributed by atoms with van der Waals surface area (Å²) in [5.74, 6) is -0.520. The predicted molar refractivity (Wildman–Crippen MR) is 97.2 cm³/mol. The SMILES string of the molecule is Cc1cccc(N2CCN(C(=O)c3ccc(OC(F)(F)F)cc3)CC2)c1C. The van der Waals surface area contributed by atoms with Crippen LogP contribution in [0.4, 0.5) is 18.9 Å². The molecule has 2 aromatic rings. The summed E-state index contributed by atoms with van der Waals surface area (Å²) in [5, 5.41) is 0. The summed E-state index contributed by atoms with van der Waals surface area (Å²) in [7, 11) is 0. The van der Waals surface area contributed by atoms with Crippen LogP contribution in [0.3, 0.4) is 0 Å². The number of hydrogen-bond acceptors (Lipinski definition) is 3. The van der Waals surface area contributed by atoms with Crippen molar-refractivity contribution in [2.75, 3.05) is 31.1 Å². The molecule has 3 rings (SSSR count). The molecule has 1 heterocycles. The van der Waals surface area contributed by atoms with Crippen LogP contribution in [-0.4, -0.2) is 43.3 Å². The maximum atomic E-state index is 12.6. The summed E-state index contributed by atoms with van der Waals surface area (Å²) in [6, 6.07) is 11.2. The Bertz CT molecular complexity index is 811. The molecule has 1 aliphatic heterocycles. The summed E-state index contributed by atoms with van der Waals surface area (Å²) in [5.41, 5.74) is 3.99. The van der Waals surface area contributed by atoms with Crippen molar-refractivity contribution in [3.63, 3.8) is 0 Å². The fourth-order valence-electron chi connectivity index (χ4n) is 3.21. The zero-order valence-electron chi connectivity index (χ0n) is 15.2. The normalized spacial score (nSPS) is 15.0. The van der Waals surface area contributed by atoms with Crippen LogP contribution in [0.1, 0.15) is 21.5 Å². The molecule has 27 heavy (non-hydrogen) atoms. The average Bonchev–Trinajstić information content (AvgIpc) is 2.63. The van der Waals surface area contributed by atoms with E-state index >= 15 is 0 Å². The molecule has 4 nitrogen and oxygen atoms in total. The van der Waals surface area contributed by atoms with Crippen molar-refractivity contribution in [3.8, 4) is 5.75 Å². The van der Waals surface area contributed by atoms with E-state index in [0.29, 0.717) is 31.7 Å². The van der Waals surface area contributed by atoms with E-state index in [9.17, 15) is 18.0 Å². The highest BCUT2D eigenvalue weighted by Gasteiger charge is 2.31. The maximum Gasteiger partial charge on any atom is 0.573 e. The quantitative estimate of drug-likeness (QED) is 0.804. The van der Waals surface area contributed by atoms with Gasteiger partial charge in [0.2, 0.25) is 0 Å². The molecule has 1 fully saturated rings. The number of aryl methyl sites for hydroxylation is 1. The Balaban J connectivity index is 1.62. The topological polar surface area (TPSA) is 32.8 Å². The minimum atomic E-state index is -4.74. The third-order valence-corrected chi connectivity index (χ3v) is 4.82. The maximum absolute atomic E-state index is 12.6. The van der Waals surface area contributed by atoms with Gasteiger partial charge < -0.3 is 14.5 Å². The number of ether oxygens (including phenoxy) is 1. The molecule has 144 valence electrons. The predicted octanol–water partition coefficient (Wildman–Crippen LogP) is 4.16. The summed E-state index contributed by atoms with van der Waals surface area (Å²) in [6.07, 6.45) is -4.74. The number of hydrogen-bond donors (Lipinski definition) is 0. The second kappa shape index (κ2) is 7.50. The van der Waals surface area contributed by atoms with Crippen molar-refractivity contribution in [1.82, 2.24) is 4.90 Å². The molecule has 0 N–H and O–H groups in total. The first-order chi connectivity index (χ1) is 12.7. The lowest BCUT2D eigenvalue weighted by atomic mass is 10.1. The minimum absolute atomic E-state index is 0.186. The van der Waals surface area contributed by atoms with E-state index in [1.165, 1.54) is 28.9 Å². The molecule has 0 atom stereocenters. The van der Waals surface area contributed by atoms with Crippen LogP contribution in [0.2, 0.25) is 0 Å². The van der Waals surface area contributed by atoms with Gasteiger partial charge in [0.05, 0.1) is 0 Å². The number of halogens is 3. The summed E-state index contributed by atoms with van der Waals surface area (Å²) < 4.78 is 40.5. The third kappa shape index (κ3) is 4.53. The molecular formula is C20H21F3N2O2. The van der Waals surface area contributed by atoms with Gasteiger partial charge in [0.25, 0.3) is 5.91 Å². The minimum Gasteiger partial charge on any atom is -0.406 e. The number of benzene rings is 2. The van der Waals surface area contributed by atoms with Gasteiger partial charge in [0, 0.05) is 37.4 Å². The van der Waals surface area contributed by atoms with Crippen molar-refractivity contribution in [1.29, 1.82) is 0 Å². The van der Waals surface area contributed by atoms with E-state index in [2.05, 4.69) is 35.6 Å². The molecule has 0 radical (unpaired) electrons. The van der Waals surface area contributed by atoms with Crippen molar-refractivity contribution in [3.05, 3.63) is 59.2 Å². The molecule has 0 bridgehead atoms. The smallest absolute Gasteiger partial charge is 0.406 e. The highest BCUT2D eigenvalue weighted by atomic mass is 19.4. The van der Waals surface area contributed by atoms with Gasteiger partial charge in [0.1, 0.15) is 5.75 Å². The van der Waals surface area contributed by atoms with Gasteiger partial charge in [-0.25, -0.2) is 0 Å². The molecule has 1 amide bonds. The molecule has 2 aromatic carbocycles. The average molecular weight is 378 g/mol. The number of carbonyl (C=O) groups is 1. The van der Waals surface area contributed by atoms with Crippen molar-refractivity contribution < 1.29 is 22.7 Å². The lowest BCUT2D eigenvalue weighted by molar-refractivity contribution is -0.274. The van der Waals surface area contributed by atoms with Crippen molar-refractivity contribution in [2.24, 2.45) is 0 Å². The fraction of sp³-hybridized carbons (Fsp3) is 0.350. The van der Waals surface area contributed by atoms with Gasteiger partial charge in [-0.2, -0.15) is 0 Å². The van der Waals surface area contributed by atoms with Crippen molar-refractivity contribution >= 4 is 11.6 Å². The van der Waals surface area contributed by atoms with Crippen LogP contribution in [0.25, 0.3) is 0 Å². The Morgan fingerprint density at radius 1 is 0.963 bits per heavy atom. The molecule has 1 saturated heterocycles. The van der Waals surface area contributed by atoms with Crippen LogP contribution in [0, 0.1) is 13.8 Å². The molecule has 1 aliphatic rings. The molecule has 0 saturated carbocycles. The zero-order valence-corrected chi connectivity index (χ0v) is 15.2. The van der Waals surface area contributed by atoms with E-state index in [-0.39, 0.29) is 11.7 Å². The zero-order chi connectivity index (χ0) is 19.6. The monoisotopic (exact) mass is 378 g/mol. The van der Waals surface area contributed by atoms with Crippen LogP contribution in [0.15, 0.2) is 42.5 Å². The lowest BCUT2D eigenvalue weighted by Crippen LogP contribution is -2.49. The highest BCUT2D eigenvalue weighted by molar-refractivity contribution is 5.94. The lowest BCUT2D eigenvalue weighted by Gasteiger charge is -2.37. The molecule has 0 aromatic heterocycles. The summed E-state index contributed by atoms with van der Waals surface area (Å²) >= 11 is 0. The second-order valence-corrected chi connectivity index (χ2v) is 6.57. The van der Waals surface area contributed by atoms with Crippen LogP contribution in [-0.2, 0) is 0 Å². The summed E-state index contributed by atoms with van der Waals surface area (Å²) in [4.78, 5) is 16.6. The van der Waals surface area contributed by atoms with Crippen LogP contribution < -0.4 is 9.64 Å². The number of anilines is 1. The Morgan fingerprint density at radius 3 is 2.19 bits per heavy atom. The highest BCUT2D eigenvalue weighted by Crippen LogP contribution is 2.25. The summed E-state index contributed by atoms with van der Waals surface area (Å²) in [6.45, 7) is 6.72. The Hall–Kier alpha value is -2.70. The first kappa shape index (κ1) is 19.1. The van der Waals surface area contributed by atoms with Crippen LogP contribution in [0.5, 0.6) is 5.75 Å². The third-order valence-electron chi connectivity index (χ3n) is 4.82. The van der Waals surface area contributed by atoms with Crippen LogP contribution >= 0.6 is 0 Å². The first-order valence-electron chi connectivity index (χ1n) is 8.71.